The van der Waals surface area contributed by atoms with Crippen molar-refractivity contribution < 1.29 is 23.4 Å². The van der Waals surface area contributed by atoms with Crippen LogP contribution in [0.2, 0.25) is 5.04 Å². The molecule has 4 rings (SSSR count). The molecule has 8 heteroatoms. The molecular weight excluding hydrogens is 563 g/mol. The van der Waals surface area contributed by atoms with Crippen LogP contribution in [0.4, 0.5) is 0 Å². The Kier molecular flexibility index (Phi) is 10.6. The van der Waals surface area contributed by atoms with Gasteiger partial charge in [0.05, 0.1) is 20.3 Å². The van der Waals surface area contributed by atoms with Crippen LogP contribution in [0.1, 0.15) is 56.4 Å². The third-order valence-corrected chi connectivity index (χ3v) is 13.3. The summed E-state index contributed by atoms with van der Waals surface area (Å²) in [5.41, 5.74) is 1.26. The number of hydrogen-bond acceptors (Lipinski definition) is 7. The number of benzene rings is 3. The van der Waals surface area contributed by atoms with E-state index < -0.39 is 8.32 Å². The maximum Gasteiger partial charge on any atom is 0.358 e. The summed E-state index contributed by atoms with van der Waals surface area (Å²) >= 11 is 1.52. The standard InChI is InChI=1S/C34H41NO5SSi/c1-7-15-30-31(33(36)38-8-2)35-32(41-30)25-20-21-28(37-6)29(24-25)39-22-23-40-42(34(3,4)5,26-16-11-9-12-17-26)27-18-13-10-14-19-27/h9-14,16-21,24H,7-8,15,22-23H2,1-6H3. The molecule has 1 aromatic heterocycles. The third-order valence-electron chi connectivity index (χ3n) is 7.13. The van der Waals surface area contributed by atoms with Gasteiger partial charge in [-0.2, -0.15) is 0 Å². The molecule has 0 bridgehead atoms. The van der Waals surface area contributed by atoms with Gasteiger partial charge in [0.25, 0.3) is 8.32 Å². The topological polar surface area (TPSA) is 66.9 Å². The van der Waals surface area contributed by atoms with Crippen LogP contribution in [-0.4, -0.2) is 46.2 Å². The van der Waals surface area contributed by atoms with Gasteiger partial charge in [-0.15, -0.1) is 11.3 Å². The molecular formula is C34H41NO5SSi. The van der Waals surface area contributed by atoms with E-state index >= 15 is 0 Å². The highest BCUT2D eigenvalue weighted by Crippen LogP contribution is 2.38. The molecule has 222 valence electrons. The monoisotopic (exact) mass is 603 g/mol. The van der Waals surface area contributed by atoms with Crippen molar-refractivity contribution in [3.63, 3.8) is 0 Å². The summed E-state index contributed by atoms with van der Waals surface area (Å²) in [5.74, 6) is 0.847. The van der Waals surface area contributed by atoms with Gasteiger partial charge in [0.2, 0.25) is 0 Å². The normalized spacial score (nSPS) is 11.8. The summed E-state index contributed by atoms with van der Waals surface area (Å²) in [4.78, 5) is 18.1. The Balaban J connectivity index is 1.59. The van der Waals surface area contributed by atoms with E-state index in [1.54, 1.807) is 14.0 Å². The van der Waals surface area contributed by atoms with E-state index in [-0.39, 0.29) is 11.0 Å². The minimum Gasteiger partial charge on any atom is -0.493 e. The Morgan fingerprint density at radius 1 is 0.881 bits per heavy atom. The summed E-state index contributed by atoms with van der Waals surface area (Å²) in [6.07, 6.45) is 1.68. The molecule has 0 aliphatic heterocycles. The zero-order valence-corrected chi connectivity index (χ0v) is 27.3. The van der Waals surface area contributed by atoms with Crippen molar-refractivity contribution >= 4 is 36.0 Å². The number of esters is 1. The van der Waals surface area contributed by atoms with Crippen LogP contribution >= 0.6 is 11.3 Å². The van der Waals surface area contributed by atoms with Crippen molar-refractivity contribution in [3.8, 4) is 22.1 Å². The first-order valence-electron chi connectivity index (χ1n) is 14.5. The van der Waals surface area contributed by atoms with Gasteiger partial charge in [0, 0.05) is 10.4 Å². The van der Waals surface area contributed by atoms with Gasteiger partial charge in [-0.1, -0.05) is 94.8 Å². The molecule has 1 heterocycles. The van der Waals surface area contributed by atoms with Gasteiger partial charge in [0.1, 0.15) is 11.6 Å². The molecule has 0 saturated heterocycles. The van der Waals surface area contributed by atoms with Crippen LogP contribution in [0.5, 0.6) is 11.5 Å². The molecule has 0 unspecified atom stereocenters. The van der Waals surface area contributed by atoms with Gasteiger partial charge >= 0.3 is 5.97 Å². The molecule has 0 atom stereocenters. The summed E-state index contributed by atoms with van der Waals surface area (Å²) in [7, 11) is -1.04. The lowest BCUT2D eigenvalue weighted by atomic mass is 10.2. The fraction of sp³-hybridized carbons (Fsp3) is 0.353. The van der Waals surface area contributed by atoms with Crippen LogP contribution in [0.3, 0.4) is 0 Å². The first-order chi connectivity index (χ1) is 20.2. The molecule has 0 amide bonds. The second kappa shape index (κ2) is 14.1. The highest BCUT2D eigenvalue weighted by Gasteiger charge is 2.50. The quantitative estimate of drug-likeness (QED) is 0.0941. The number of hydrogen-bond donors (Lipinski definition) is 0. The number of aryl methyl sites for hydroxylation is 1. The van der Waals surface area contributed by atoms with Gasteiger partial charge in [-0.05, 0) is 47.0 Å². The Morgan fingerprint density at radius 2 is 1.52 bits per heavy atom. The second-order valence-electron chi connectivity index (χ2n) is 11.0. The highest BCUT2D eigenvalue weighted by atomic mass is 32.1. The predicted octanol–water partition coefficient (Wildman–Crippen LogP) is 6.90. The van der Waals surface area contributed by atoms with Crippen LogP contribution in [0.25, 0.3) is 10.6 Å². The van der Waals surface area contributed by atoms with Crippen LogP contribution in [0.15, 0.2) is 78.9 Å². The number of aromatic nitrogens is 1. The number of carbonyl (C=O) groups is 1. The van der Waals surface area contributed by atoms with Gasteiger partial charge in [-0.3, -0.25) is 0 Å². The number of carbonyl (C=O) groups excluding carboxylic acids is 1. The summed E-state index contributed by atoms with van der Waals surface area (Å²) in [6, 6.07) is 26.9. The smallest absolute Gasteiger partial charge is 0.358 e. The van der Waals surface area contributed by atoms with E-state index in [1.807, 2.05) is 30.3 Å². The third kappa shape index (κ3) is 6.77. The fourth-order valence-corrected chi connectivity index (χ4v) is 11.0. The first kappa shape index (κ1) is 31.5. The Bertz CT molecular complexity index is 1410. The minimum atomic E-state index is -2.67. The van der Waals surface area contributed by atoms with Crippen molar-refractivity contribution in [1.82, 2.24) is 4.98 Å². The zero-order chi connectivity index (χ0) is 30.2. The van der Waals surface area contributed by atoms with Crippen molar-refractivity contribution in [3.05, 3.63) is 89.4 Å². The molecule has 6 nitrogen and oxygen atoms in total. The van der Waals surface area contributed by atoms with Gasteiger partial charge in [0.15, 0.2) is 17.2 Å². The Morgan fingerprint density at radius 3 is 2.07 bits per heavy atom. The van der Waals surface area contributed by atoms with Crippen molar-refractivity contribution in [2.45, 2.75) is 52.5 Å². The maximum atomic E-state index is 12.5. The number of ether oxygens (including phenoxy) is 3. The number of rotatable bonds is 13. The number of thiazole rings is 1. The molecule has 4 aromatic rings. The molecule has 0 aliphatic rings. The summed E-state index contributed by atoms with van der Waals surface area (Å²) in [5, 5.41) is 3.09. The highest BCUT2D eigenvalue weighted by molar-refractivity contribution is 7.15. The average Bonchev–Trinajstić information content (AvgIpc) is 3.42. The van der Waals surface area contributed by atoms with E-state index in [9.17, 15) is 4.79 Å². The van der Waals surface area contributed by atoms with Crippen molar-refractivity contribution in [2.24, 2.45) is 0 Å². The van der Waals surface area contributed by atoms with Gasteiger partial charge in [-0.25, -0.2) is 9.78 Å². The fourth-order valence-electron chi connectivity index (χ4n) is 5.26. The van der Waals surface area contributed by atoms with Crippen LogP contribution < -0.4 is 19.8 Å². The number of methoxy groups -OCH3 is 1. The van der Waals surface area contributed by atoms with Gasteiger partial charge < -0.3 is 18.6 Å². The van der Waals surface area contributed by atoms with E-state index in [4.69, 9.17) is 18.6 Å². The molecule has 0 N–H and O–H groups in total. The molecule has 0 radical (unpaired) electrons. The summed E-state index contributed by atoms with van der Waals surface area (Å²) < 4.78 is 24.2. The van der Waals surface area contributed by atoms with E-state index in [2.05, 4.69) is 81.2 Å². The van der Waals surface area contributed by atoms with Crippen molar-refractivity contribution in [1.29, 1.82) is 0 Å². The Labute approximate surface area is 254 Å². The number of nitrogens with zero attached hydrogens (tertiary/aromatic N) is 1. The molecule has 42 heavy (non-hydrogen) atoms. The SMILES string of the molecule is CCCc1sc(-c2ccc(OC)c(OCCO[Si](c3ccccc3)(c3ccccc3)C(C)(C)C)c2)nc1C(=O)OCC. The van der Waals surface area contributed by atoms with E-state index in [1.165, 1.54) is 21.7 Å². The molecule has 3 aromatic carbocycles. The summed E-state index contributed by atoms with van der Waals surface area (Å²) in [6.45, 7) is 11.7. The minimum absolute atomic E-state index is 0.120. The van der Waals surface area contributed by atoms with Crippen LogP contribution in [0, 0.1) is 0 Å². The maximum absolute atomic E-state index is 12.5. The van der Waals surface area contributed by atoms with E-state index in [0.717, 1.165) is 28.3 Å². The molecule has 0 aliphatic carbocycles. The largest absolute Gasteiger partial charge is 0.493 e. The lowest BCUT2D eigenvalue weighted by Crippen LogP contribution is -2.66. The molecule has 0 fully saturated rings. The molecule has 0 saturated carbocycles. The van der Waals surface area contributed by atoms with E-state index in [0.29, 0.717) is 37.0 Å². The second-order valence-corrected chi connectivity index (χ2v) is 16.4. The van der Waals surface area contributed by atoms with Crippen LogP contribution in [-0.2, 0) is 15.6 Å². The first-order valence-corrected chi connectivity index (χ1v) is 17.2. The Hall–Kier alpha value is -3.46. The lowest BCUT2D eigenvalue weighted by Gasteiger charge is -2.43. The average molecular weight is 604 g/mol. The lowest BCUT2D eigenvalue weighted by molar-refractivity contribution is 0.0519. The predicted molar refractivity (Wildman–Crippen MR) is 173 cm³/mol. The van der Waals surface area contributed by atoms with Crippen molar-refractivity contribution in [2.75, 3.05) is 26.9 Å². The molecule has 0 spiro atoms. The zero-order valence-electron chi connectivity index (χ0n) is 25.4.